The van der Waals surface area contributed by atoms with Gasteiger partial charge in [-0.3, -0.25) is 0 Å². The molecule has 1 N–H and O–H groups in total. The molecule has 0 aromatic carbocycles. The number of aliphatic carboxylic acids is 1. The summed E-state index contributed by atoms with van der Waals surface area (Å²) in [6.07, 6.45) is 3.09. The molecule has 17 heavy (non-hydrogen) atoms. The van der Waals surface area contributed by atoms with Crippen LogP contribution in [0.15, 0.2) is 17.8 Å². The van der Waals surface area contributed by atoms with E-state index in [1.165, 1.54) is 6.33 Å². The summed E-state index contributed by atoms with van der Waals surface area (Å²) in [4.78, 5) is 22.4. The molecule has 1 saturated heterocycles. The van der Waals surface area contributed by atoms with E-state index < -0.39 is 12.0 Å². The van der Waals surface area contributed by atoms with Crippen LogP contribution in [0.4, 0.5) is 5.82 Å². The van der Waals surface area contributed by atoms with Crippen LogP contribution in [0.1, 0.15) is 12.8 Å². The summed E-state index contributed by atoms with van der Waals surface area (Å²) in [5.41, 5.74) is 0. The molecule has 1 unspecified atom stereocenters. The van der Waals surface area contributed by atoms with Crippen molar-refractivity contribution >= 4 is 33.3 Å². The average Bonchev–Trinajstić information content (AvgIpc) is 2.97. The number of carboxylic acids is 1. The van der Waals surface area contributed by atoms with Crippen molar-refractivity contribution in [1.82, 2.24) is 9.97 Å². The van der Waals surface area contributed by atoms with Crippen molar-refractivity contribution < 1.29 is 9.90 Å². The molecule has 0 radical (unpaired) electrons. The first kappa shape index (κ1) is 10.5. The quantitative estimate of drug-likeness (QED) is 0.878. The lowest BCUT2D eigenvalue weighted by atomic mass is 10.2. The fraction of sp³-hybridized carbons (Fsp3) is 0.364. The molecular formula is C11H11N3O2S. The molecule has 3 rings (SSSR count). The zero-order chi connectivity index (χ0) is 11.8. The van der Waals surface area contributed by atoms with E-state index in [4.69, 9.17) is 0 Å². The summed E-state index contributed by atoms with van der Waals surface area (Å²) in [6, 6.07) is 1.50. The third kappa shape index (κ3) is 1.64. The molecule has 6 heteroatoms. The van der Waals surface area contributed by atoms with Gasteiger partial charge in [-0.2, -0.15) is 0 Å². The number of aromatic nitrogens is 2. The van der Waals surface area contributed by atoms with Crippen LogP contribution in [-0.2, 0) is 4.79 Å². The van der Waals surface area contributed by atoms with Gasteiger partial charge >= 0.3 is 5.97 Å². The Bertz CT molecular complexity index is 569. The highest BCUT2D eigenvalue weighted by Gasteiger charge is 2.32. The van der Waals surface area contributed by atoms with Gasteiger partial charge in [-0.1, -0.05) is 0 Å². The molecule has 0 amide bonds. The van der Waals surface area contributed by atoms with Crippen LogP contribution in [0.2, 0.25) is 0 Å². The van der Waals surface area contributed by atoms with Gasteiger partial charge in [0, 0.05) is 6.54 Å². The minimum atomic E-state index is -0.774. The highest BCUT2D eigenvalue weighted by molar-refractivity contribution is 7.16. The van der Waals surface area contributed by atoms with Gasteiger partial charge in [-0.15, -0.1) is 11.3 Å². The molecule has 0 spiro atoms. The maximum atomic E-state index is 11.2. The van der Waals surface area contributed by atoms with E-state index in [2.05, 4.69) is 9.97 Å². The average molecular weight is 249 g/mol. The number of hydrogen-bond donors (Lipinski definition) is 1. The van der Waals surface area contributed by atoms with E-state index in [0.29, 0.717) is 6.42 Å². The molecule has 1 atom stereocenters. The normalized spacial score (nSPS) is 20.0. The second-order valence-electron chi connectivity index (χ2n) is 4.03. The van der Waals surface area contributed by atoms with Gasteiger partial charge in [0.2, 0.25) is 0 Å². The predicted octanol–water partition coefficient (Wildman–Crippen LogP) is 1.74. The molecular weight excluding hydrogens is 238 g/mol. The van der Waals surface area contributed by atoms with Gasteiger partial charge in [-0.05, 0) is 24.3 Å². The molecule has 1 fully saturated rings. The van der Waals surface area contributed by atoms with Crippen LogP contribution in [0, 0.1) is 0 Å². The number of thiophene rings is 1. The Hall–Kier alpha value is -1.69. The Morgan fingerprint density at radius 3 is 3.24 bits per heavy atom. The summed E-state index contributed by atoms with van der Waals surface area (Å²) in [5, 5.41) is 12.1. The molecule has 1 aliphatic heterocycles. The zero-order valence-corrected chi connectivity index (χ0v) is 9.85. The van der Waals surface area contributed by atoms with E-state index in [0.717, 1.165) is 29.0 Å². The SMILES string of the molecule is O=C(O)C1CCCN1c1ncnc2sccc12. The summed E-state index contributed by atoms with van der Waals surface area (Å²) in [6.45, 7) is 0.749. The topological polar surface area (TPSA) is 66.3 Å². The largest absolute Gasteiger partial charge is 0.480 e. The van der Waals surface area contributed by atoms with Crippen LogP contribution >= 0.6 is 11.3 Å². The first-order valence-electron chi connectivity index (χ1n) is 5.45. The number of anilines is 1. The first-order valence-corrected chi connectivity index (χ1v) is 6.33. The van der Waals surface area contributed by atoms with Crippen LogP contribution in [-0.4, -0.2) is 33.6 Å². The fourth-order valence-corrected chi connectivity index (χ4v) is 3.01. The van der Waals surface area contributed by atoms with Gasteiger partial charge in [0.25, 0.3) is 0 Å². The molecule has 3 heterocycles. The van der Waals surface area contributed by atoms with Crippen LogP contribution in [0.3, 0.4) is 0 Å². The zero-order valence-electron chi connectivity index (χ0n) is 9.04. The molecule has 0 aliphatic carbocycles. The molecule has 2 aromatic heterocycles. The number of rotatable bonds is 2. The molecule has 0 bridgehead atoms. The summed E-state index contributed by atoms with van der Waals surface area (Å²) in [5.74, 6) is -0.0226. The van der Waals surface area contributed by atoms with Crippen molar-refractivity contribution in [2.75, 3.05) is 11.4 Å². The van der Waals surface area contributed by atoms with E-state index in [1.54, 1.807) is 11.3 Å². The second kappa shape index (κ2) is 3.96. The molecule has 5 nitrogen and oxygen atoms in total. The summed E-state index contributed by atoms with van der Waals surface area (Å²) < 4.78 is 0. The number of carboxylic acid groups (broad SMARTS) is 1. The van der Waals surface area contributed by atoms with Crippen molar-refractivity contribution in [3.63, 3.8) is 0 Å². The predicted molar refractivity (Wildman–Crippen MR) is 65.4 cm³/mol. The van der Waals surface area contributed by atoms with Crippen LogP contribution in [0.25, 0.3) is 10.2 Å². The Kier molecular flexibility index (Phi) is 2.44. The summed E-state index contributed by atoms with van der Waals surface area (Å²) in [7, 11) is 0. The number of hydrogen-bond acceptors (Lipinski definition) is 5. The Morgan fingerprint density at radius 2 is 2.41 bits per heavy atom. The van der Waals surface area contributed by atoms with Crippen molar-refractivity contribution in [2.45, 2.75) is 18.9 Å². The summed E-state index contributed by atoms with van der Waals surface area (Å²) >= 11 is 1.54. The van der Waals surface area contributed by atoms with E-state index in [-0.39, 0.29) is 0 Å². The molecule has 88 valence electrons. The van der Waals surface area contributed by atoms with Gasteiger partial charge in [0.1, 0.15) is 23.0 Å². The first-order chi connectivity index (χ1) is 8.27. The maximum Gasteiger partial charge on any atom is 0.326 e. The maximum absolute atomic E-state index is 11.2. The number of carbonyl (C=O) groups is 1. The minimum absolute atomic E-state index is 0.451. The van der Waals surface area contributed by atoms with Crippen molar-refractivity contribution in [3.8, 4) is 0 Å². The van der Waals surface area contributed by atoms with Gasteiger partial charge < -0.3 is 10.0 Å². The van der Waals surface area contributed by atoms with Gasteiger partial charge in [0.15, 0.2) is 0 Å². The van der Waals surface area contributed by atoms with Gasteiger partial charge in [-0.25, -0.2) is 14.8 Å². The molecule has 0 saturated carbocycles. The van der Waals surface area contributed by atoms with Crippen molar-refractivity contribution in [1.29, 1.82) is 0 Å². The second-order valence-corrected chi connectivity index (χ2v) is 4.92. The Balaban J connectivity index is 2.08. The number of fused-ring (bicyclic) bond motifs is 1. The Labute approximate surface area is 102 Å². The smallest absolute Gasteiger partial charge is 0.326 e. The fourth-order valence-electron chi connectivity index (χ4n) is 2.28. The standard InChI is InChI=1S/C11H11N3O2S/c15-11(16)8-2-1-4-14(8)9-7-3-5-17-10(7)13-6-12-9/h3,5-6,8H,1-2,4H2,(H,15,16). The number of nitrogens with zero attached hydrogens (tertiary/aromatic N) is 3. The minimum Gasteiger partial charge on any atom is -0.480 e. The van der Waals surface area contributed by atoms with Crippen molar-refractivity contribution in [2.24, 2.45) is 0 Å². The van der Waals surface area contributed by atoms with Crippen LogP contribution < -0.4 is 4.90 Å². The molecule has 1 aliphatic rings. The highest BCUT2D eigenvalue weighted by Crippen LogP contribution is 2.31. The monoisotopic (exact) mass is 249 g/mol. The van der Waals surface area contributed by atoms with E-state index in [9.17, 15) is 9.90 Å². The highest BCUT2D eigenvalue weighted by atomic mass is 32.1. The van der Waals surface area contributed by atoms with Crippen molar-refractivity contribution in [3.05, 3.63) is 17.8 Å². The van der Waals surface area contributed by atoms with Crippen LogP contribution in [0.5, 0.6) is 0 Å². The Morgan fingerprint density at radius 1 is 1.53 bits per heavy atom. The van der Waals surface area contributed by atoms with E-state index in [1.807, 2.05) is 16.3 Å². The third-order valence-corrected chi connectivity index (χ3v) is 3.87. The lowest BCUT2D eigenvalue weighted by molar-refractivity contribution is -0.138. The lowest BCUT2D eigenvalue weighted by Crippen LogP contribution is -2.36. The van der Waals surface area contributed by atoms with Gasteiger partial charge in [0.05, 0.1) is 5.39 Å². The van der Waals surface area contributed by atoms with E-state index >= 15 is 0 Å². The lowest BCUT2D eigenvalue weighted by Gasteiger charge is -2.22. The molecule has 2 aromatic rings. The third-order valence-electron chi connectivity index (χ3n) is 3.05.